The lowest BCUT2D eigenvalue weighted by molar-refractivity contribution is 0.879. The lowest BCUT2D eigenvalue weighted by Crippen LogP contribution is -1.99. The van der Waals surface area contributed by atoms with Crippen molar-refractivity contribution in [3.63, 3.8) is 0 Å². The van der Waals surface area contributed by atoms with Gasteiger partial charge in [0.25, 0.3) is 5.95 Å². The van der Waals surface area contributed by atoms with Crippen LogP contribution in [-0.4, -0.2) is 27.3 Å². The summed E-state index contributed by atoms with van der Waals surface area (Å²) in [6.07, 6.45) is 4.93. The topological polar surface area (TPSA) is 67.5 Å². The van der Waals surface area contributed by atoms with E-state index >= 15 is 0 Å². The number of hydrogen-bond donors (Lipinski definition) is 1. The van der Waals surface area contributed by atoms with E-state index in [1.54, 1.807) is 12.4 Å². The van der Waals surface area contributed by atoms with Crippen LogP contribution in [0, 0.1) is 0 Å². The van der Waals surface area contributed by atoms with Crippen molar-refractivity contribution in [2.75, 3.05) is 5.43 Å². The Morgan fingerprint density at radius 1 is 0.875 bits per heavy atom. The SMILES string of the molecule is Brc1ccc(/C=N/Nc2nncn2/N=C/c2ccc(Br)cc2)cc1. The molecule has 0 bridgehead atoms. The average Bonchev–Trinajstić information content (AvgIpc) is 3.04. The molecular formula is C16H12Br2N6. The zero-order chi connectivity index (χ0) is 16.8. The first-order valence-corrected chi connectivity index (χ1v) is 8.54. The lowest BCUT2D eigenvalue weighted by atomic mass is 10.2. The van der Waals surface area contributed by atoms with Gasteiger partial charge in [-0.05, 0) is 35.4 Å². The molecule has 1 heterocycles. The molecule has 0 fully saturated rings. The molecule has 2 aromatic carbocycles. The van der Waals surface area contributed by atoms with Crippen LogP contribution in [0.2, 0.25) is 0 Å². The summed E-state index contributed by atoms with van der Waals surface area (Å²) in [5, 5.41) is 16.2. The molecule has 3 rings (SSSR count). The molecule has 0 saturated carbocycles. The Bertz CT molecular complexity index is 853. The van der Waals surface area contributed by atoms with Crippen LogP contribution in [0.4, 0.5) is 5.95 Å². The number of hydrogen-bond acceptors (Lipinski definition) is 5. The Kier molecular flexibility index (Phi) is 5.50. The number of halogens is 2. The Morgan fingerprint density at radius 3 is 2.08 bits per heavy atom. The molecule has 0 aliphatic heterocycles. The molecule has 0 saturated heterocycles. The quantitative estimate of drug-likeness (QED) is 0.472. The summed E-state index contributed by atoms with van der Waals surface area (Å²) in [7, 11) is 0. The van der Waals surface area contributed by atoms with Gasteiger partial charge in [-0.3, -0.25) is 0 Å². The summed E-state index contributed by atoms with van der Waals surface area (Å²) in [6.45, 7) is 0. The molecule has 0 atom stereocenters. The second kappa shape index (κ2) is 7.98. The van der Waals surface area contributed by atoms with Gasteiger partial charge in [-0.2, -0.15) is 14.9 Å². The summed E-state index contributed by atoms with van der Waals surface area (Å²) >= 11 is 6.80. The normalized spacial score (nSPS) is 11.4. The van der Waals surface area contributed by atoms with E-state index in [1.807, 2.05) is 48.5 Å². The molecule has 0 amide bonds. The first-order valence-electron chi connectivity index (χ1n) is 6.95. The summed E-state index contributed by atoms with van der Waals surface area (Å²) in [6, 6.07) is 15.6. The van der Waals surface area contributed by atoms with Crippen molar-refractivity contribution in [3.8, 4) is 0 Å². The van der Waals surface area contributed by atoms with E-state index in [4.69, 9.17) is 0 Å². The molecule has 6 nitrogen and oxygen atoms in total. The minimum Gasteiger partial charge on any atom is -0.244 e. The van der Waals surface area contributed by atoms with E-state index in [0.29, 0.717) is 5.95 Å². The third-order valence-corrected chi connectivity index (χ3v) is 4.04. The smallest absolute Gasteiger partial charge is 0.244 e. The number of hydrazone groups is 1. The van der Waals surface area contributed by atoms with Crippen LogP contribution in [0.15, 0.2) is 74.0 Å². The van der Waals surface area contributed by atoms with Crippen LogP contribution in [-0.2, 0) is 0 Å². The zero-order valence-electron chi connectivity index (χ0n) is 12.3. The Hall–Kier alpha value is -2.32. The van der Waals surface area contributed by atoms with Crippen molar-refractivity contribution in [3.05, 3.63) is 74.9 Å². The summed E-state index contributed by atoms with van der Waals surface area (Å²) in [5.41, 5.74) is 4.76. The Labute approximate surface area is 155 Å². The molecule has 0 spiro atoms. The van der Waals surface area contributed by atoms with Gasteiger partial charge >= 0.3 is 0 Å². The molecule has 0 aliphatic carbocycles. The Morgan fingerprint density at radius 2 is 1.46 bits per heavy atom. The van der Waals surface area contributed by atoms with Crippen LogP contribution in [0.5, 0.6) is 0 Å². The van der Waals surface area contributed by atoms with Crippen molar-refractivity contribution < 1.29 is 0 Å². The molecule has 120 valence electrons. The van der Waals surface area contributed by atoms with E-state index in [9.17, 15) is 0 Å². The molecule has 0 unspecified atom stereocenters. The maximum absolute atomic E-state index is 4.31. The monoisotopic (exact) mass is 446 g/mol. The van der Waals surface area contributed by atoms with Crippen molar-refractivity contribution in [1.82, 2.24) is 14.9 Å². The molecule has 0 radical (unpaired) electrons. The molecule has 8 heteroatoms. The summed E-state index contributed by atoms with van der Waals surface area (Å²) in [4.78, 5) is 0. The fourth-order valence-corrected chi connectivity index (χ4v) is 2.31. The molecule has 1 N–H and O–H groups in total. The minimum atomic E-state index is 0.428. The molecular weight excluding hydrogens is 436 g/mol. The maximum Gasteiger partial charge on any atom is 0.265 e. The number of benzene rings is 2. The zero-order valence-corrected chi connectivity index (χ0v) is 15.5. The van der Waals surface area contributed by atoms with Crippen molar-refractivity contribution in [2.24, 2.45) is 10.2 Å². The van der Waals surface area contributed by atoms with Crippen molar-refractivity contribution in [2.45, 2.75) is 0 Å². The molecule has 0 aliphatic rings. The number of nitrogens with one attached hydrogen (secondary N) is 1. The number of anilines is 1. The van der Waals surface area contributed by atoms with Crippen LogP contribution >= 0.6 is 31.9 Å². The summed E-state index contributed by atoms with van der Waals surface area (Å²) < 4.78 is 3.56. The fourth-order valence-electron chi connectivity index (χ4n) is 1.78. The van der Waals surface area contributed by atoms with Crippen molar-refractivity contribution in [1.29, 1.82) is 0 Å². The lowest BCUT2D eigenvalue weighted by Gasteiger charge is -1.99. The summed E-state index contributed by atoms with van der Waals surface area (Å²) in [5.74, 6) is 0.428. The number of aromatic nitrogens is 3. The van der Waals surface area contributed by atoms with Gasteiger partial charge in [0.1, 0.15) is 6.33 Å². The predicted octanol–water partition coefficient (Wildman–Crippen LogP) is 4.13. The predicted molar refractivity (Wildman–Crippen MR) is 103 cm³/mol. The second-order valence-electron chi connectivity index (χ2n) is 4.72. The molecule has 3 aromatic rings. The van der Waals surface area contributed by atoms with Gasteiger partial charge in [0.15, 0.2) is 0 Å². The van der Waals surface area contributed by atoms with Crippen LogP contribution in [0.25, 0.3) is 0 Å². The largest absolute Gasteiger partial charge is 0.265 e. The van der Waals surface area contributed by atoms with E-state index in [0.717, 1.165) is 20.1 Å². The first kappa shape index (κ1) is 16.5. The molecule has 1 aromatic heterocycles. The van der Waals surface area contributed by atoms with Gasteiger partial charge < -0.3 is 0 Å². The Balaban J connectivity index is 1.66. The van der Waals surface area contributed by atoms with Gasteiger partial charge in [0.05, 0.1) is 12.4 Å². The highest BCUT2D eigenvalue weighted by Gasteiger charge is 2.00. The number of rotatable bonds is 5. The van der Waals surface area contributed by atoms with Gasteiger partial charge in [-0.15, -0.1) is 10.2 Å². The first-order chi connectivity index (χ1) is 11.7. The minimum absolute atomic E-state index is 0.428. The number of nitrogens with zero attached hydrogens (tertiary/aromatic N) is 5. The highest BCUT2D eigenvalue weighted by Crippen LogP contribution is 2.10. The van der Waals surface area contributed by atoms with Crippen molar-refractivity contribution >= 4 is 50.2 Å². The third-order valence-electron chi connectivity index (χ3n) is 2.98. The van der Waals surface area contributed by atoms with Gasteiger partial charge in [-0.25, -0.2) is 5.43 Å². The maximum atomic E-state index is 4.31. The van der Waals surface area contributed by atoms with E-state index < -0.39 is 0 Å². The molecule has 24 heavy (non-hydrogen) atoms. The van der Waals surface area contributed by atoms with Gasteiger partial charge in [0, 0.05) is 8.95 Å². The van der Waals surface area contributed by atoms with Gasteiger partial charge in [-0.1, -0.05) is 56.1 Å². The van der Waals surface area contributed by atoms with Gasteiger partial charge in [0.2, 0.25) is 0 Å². The van der Waals surface area contributed by atoms with E-state index in [-0.39, 0.29) is 0 Å². The van der Waals surface area contributed by atoms with Crippen LogP contribution in [0.1, 0.15) is 11.1 Å². The third kappa shape index (κ3) is 4.59. The van der Waals surface area contributed by atoms with E-state index in [1.165, 1.54) is 11.0 Å². The van der Waals surface area contributed by atoms with E-state index in [2.05, 4.69) is 57.7 Å². The van der Waals surface area contributed by atoms with Crippen LogP contribution < -0.4 is 5.43 Å². The standard InChI is InChI=1S/C16H12Br2N6/c17-14-5-1-12(2-6-14)9-19-22-16-23-20-11-24(16)21-10-13-3-7-15(18)8-4-13/h1-11H,(H,22,23)/b19-9+,21-10+. The average molecular weight is 448 g/mol. The fraction of sp³-hybridized carbons (Fsp3) is 0. The van der Waals surface area contributed by atoms with Crippen LogP contribution in [0.3, 0.4) is 0 Å². The highest BCUT2D eigenvalue weighted by atomic mass is 79.9. The second-order valence-corrected chi connectivity index (χ2v) is 6.55. The highest BCUT2D eigenvalue weighted by molar-refractivity contribution is 9.10.